The number of rotatable bonds is 3. The Hall–Kier alpha value is -2.18. The molecule has 2 aliphatic heterocycles. The molecule has 0 unspecified atom stereocenters. The maximum Gasteiger partial charge on any atom is 0.274 e. The van der Waals surface area contributed by atoms with Gasteiger partial charge < -0.3 is 9.64 Å². The highest BCUT2D eigenvalue weighted by Crippen LogP contribution is 2.25. The minimum atomic E-state index is -0.0167. The number of hydrogen-bond acceptors (Lipinski definition) is 4. The second kappa shape index (κ2) is 6.37. The Morgan fingerprint density at radius 1 is 1.33 bits per heavy atom. The van der Waals surface area contributed by atoms with E-state index < -0.39 is 0 Å². The number of nitrogens with one attached hydrogen (secondary N) is 1. The molecule has 2 atom stereocenters. The van der Waals surface area contributed by atoms with Crippen molar-refractivity contribution in [2.75, 3.05) is 26.2 Å². The molecule has 1 aromatic carbocycles. The lowest BCUT2D eigenvalue weighted by molar-refractivity contribution is -0.0503. The Kier molecular flexibility index (Phi) is 4.08. The van der Waals surface area contributed by atoms with Crippen molar-refractivity contribution in [2.24, 2.45) is 0 Å². The van der Waals surface area contributed by atoms with E-state index in [1.54, 1.807) is 6.07 Å². The number of aryl methyl sites for hydroxylation is 1. The number of carbonyl (C=O) groups excluding carboxylic acids is 1. The lowest BCUT2D eigenvalue weighted by Crippen LogP contribution is -2.50. The van der Waals surface area contributed by atoms with Crippen LogP contribution in [0.15, 0.2) is 36.4 Å². The number of H-pyrrole nitrogens is 1. The minimum Gasteiger partial charge on any atom is -0.373 e. The van der Waals surface area contributed by atoms with Gasteiger partial charge in [0.1, 0.15) is 5.69 Å². The lowest BCUT2D eigenvalue weighted by atomic mass is 10.1. The SMILES string of the molecule is Cc1cc(C(=O)N2C[C@@H]3OCCN(Cc4ccccc4)[C@H]3C2)n[nH]1. The number of ether oxygens (including phenoxy) is 1. The summed E-state index contributed by atoms with van der Waals surface area (Å²) in [6.45, 7) is 5.76. The second-order valence-electron chi connectivity index (χ2n) is 6.58. The van der Waals surface area contributed by atoms with Crippen LogP contribution in [0.1, 0.15) is 21.7 Å². The molecule has 2 aliphatic rings. The molecule has 0 bridgehead atoms. The molecular formula is C18H22N4O2. The molecule has 2 fully saturated rings. The van der Waals surface area contributed by atoms with E-state index in [1.165, 1.54) is 5.56 Å². The van der Waals surface area contributed by atoms with Gasteiger partial charge in [-0.3, -0.25) is 14.8 Å². The summed E-state index contributed by atoms with van der Waals surface area (Å²) in [5.41, 5.74) is 2.68. The maximum atomic E-state index is 12.6. The third kappa shape index (κ3) is 2.95. The average Bonchev–Trinajstić information content (AvgIpc) is 3.22. The van der Waals surface area contributed by atoms with Crippen molar-refractivity contribution in [1.29, 1.82) is 0 Å². The van der Waals surface area contributed by atoms with Crippen LogP contribution in [-0.2, 0) is 11.3 Å². The highest BCUT2D eigenvalue weighted by molar-refractivity contribution is 5.92. The smallest absolute Gasteiger partial charge is 0.274 e. The van der Waals surface area contributed by atoms with Gasteiger partial charge in [-0.1, -0.05) is 30.3 Å². The van der Waals surface area contributed by atoms with Crippen LogP contribution in [0.2, 0.25) is 0 Å². The molecule has 4 rings (SSSR count). The van der Waals surface area contributed by atoms with Crippen LogP contribution in [0, 0.1) is 6.92 Å². The third-order valence-electron chi connectivity index (χ3n) is 4.86. The van der Waals surface area contributed by atoms with Crippen LogP contribution in [0.5, 0.6) is 0 Å². The molecule has 1 aromatic heterocycles. The van der Waals surface area contributed by atoms with Crippen molar-refractivity contribution in [1.82, 2.24) is 20.0 Å². The van der Waals surface area contributed by atoms with Crippen LogP contribution >= 0.6 is 0 Å². The minimum absolute atomic E-state index is 0.0167. The maximum absolute atomic E-state index is 12.6. The van der Waals surface area contributed by atoms with Gasteiger partial charge in [-0.2, -0.15) is 5.10 Å². The number of morpholine rings is 1. The molecular weight excluding hydrogens is 304 g/mol. The first-order chi connectivity index (χ1) is 11.7. The Morgan fingerprint density at radius 3 is 2.92 bits per heavy atom. The summed E-state index contributed by atoms with van der Waals surface area (Å²) < 4.78 is 5.93. The zero-order valence-electron chi connectivity index (χ0n) is 13.8. The molecule has 24 heavy (non-hydrogen) atoms. The zero-order valence-corrected chi connectivity index (χ0v) is 13.8. The highest BCUT2D eigenvalue weighted by Gasteiger charge is 2.42. The first kappa shape index (κ1) is 15.4. The molecule has 0 aliphatic carbocycles. The standard InChI is InChI=1S/C18H22N4O2/c1-13-9-15(20-19-13)18(23)22-11-16-17(12-22)24-8-7-21(16)10-14-5-3-2-4-6-14/h2-6,9,16-17H,7-8,10-12H2,1H3,(H,19,20)/t16-,17-/m0/s1. The molecule has 6 heteroatoms. The molecule has 2 aromatic rings. The molecule has 0 radical (unpaired) electrons. The fourth-order valence-electron chi connectivity index (χ4n) is 3.63. The van der Waals surface area contributed by atoms with Gasteiger partial charge in [0, 0.05) is 31.9 Å². The monoisotopic (exact) mass is 326 g/mol. The van der Waals surface area contributed by atoms with Crippen LogP contribution in [0.25, 0.3) is 0 Å². The van der Waals surface area contributed by atoms with Gasteiger partial charge in [0.05, 0.1) is 18.8 Å². The quantitative estimate of drug-likeness (QED) is 0.927. The van der Waals surface area contributed by atoms with Crippen LogP contribution in [-0.4, -0.2) is 64.3 Å². The molecule has 3 heterocycles. The average molecular weight is 326 g/mol. The first-order valence-electron chi connectivity index (χ1n) is 8.41. The van der Waals surface area contributed by atoms with Crippen molar-refractivity contribution in [3.63, 3.8) is 0 Å². The number of hydrogen-bond donors (Lipinski definition) is 1. The van der Waals surface area contributed by atoms with Gasteiger partial charge in [0.25, 0.3) is 5.91 Å². The van der Waals surface area contributed by atoms with Crippen LogP contribution in [0.4, 0.5) is 0 Å². The molecule has 1 N–H and O–H groups in total. The Balaban J connectivity index is 1.47. The molecule has 6 nitrogen and oxygen atoms in total. The summed E-state index contributed by atoms with van der Waals surface area (Å²) in [6, 6.07) is 12.5. The summed E-state index contributed by atoms with van der Waals surface area (Å²) in [5.74, 6) is -0.0167. The normalized spacial score (nSPS) is 24.1. The number of nitrogens with zero attached hydrogens (tertiary/aromatic N) is 3. The summed E-state index contributed by atoms with van der Waals surface area (Å²) in [6.07, 6.45) is 0.0893. The van der Waals surface area contributed by atoms with Crippen molar-refractivity contribution in [3.8, 4) is 0 Å². The van der Waals surface area contributed by atoms with Crippen molar-refractivity contribution in [2.45, 2.75) is 25.6 Å². The van der Waals surface area contributed by atoms with Crippen LogP contribution in [0.3, 0.4) is 0 Å². The number of benzene rings is 1. The molecule has 0 spiro atoms. The van der Waals surface area contributed by atoms with Gasteiger partial charge in [0.15, 0.2) is 0 Å². The Bertz CT molecular complexity index is 715. The highest BCUT2D eigenvalue weighted by atomic mass is 16.5. The number of aromatic nitrogens is 2. The number of amides is 1. The number of carbonyl (C=O) groups is 1. The van der Waals surface area contributed by atoms with Gasteiger partial charge in [-0.15, -0.1) is 0 Å². The predicted molar refractivity (Wildman–Crippen MR) is 89.6 cm³/mol. The summed E-state index contributed by atoms with van der Waals surface area (Å²) in [4.78, 5) is 16.9. The van der Waals surface area contributed by atoms with E-state index in [4.69, 9.17) is 4.74 Å². The number of fused-ring (bicyclic) bond motifs is 1. The van der Waals surface area contributed by atoms with Gasteiger partial charge >= 0.3 is 0 Å². The fourth-order valence-corrected chi connectivity index (χ4v) is 3.63. The number of aromatic amines is 1. The zero-order chi connectivity index (χ0) is 16.5. The van der Waals surface area contributed by atoms with Gasteiger partial charge in [-0.05, 0) is 18.6 Å². The molecule has 2 saturated heterocycles. The Morgan fingerprint density at radius 2 is 2.17 bits per heavy atom. The van der Waals surface area contributed by atoms with E-state index in [0.717, 1.165) is 25.4 Å². The summed E-state index contributed by atoms with van der Waals surface area (Å²) in [5, 5.41) is 6.93. The molecule has 1 amide bonds. The van der Waals surface area contributed by atoms with Crippen molar-refractivity contribution in [3.05, 3.63) is 53.3 Å². The lowest BCUT2D eigenvalue weighted by Gasteiger charge is -2.36. The summed E-state index contributed by atoms with van der Waals surface area (Å²) in [7, 11) is 0. The largest absolute Gasteiger partial charge is 0.373 e. The topological polar surface area (TPSA) is 61.5 Å². The van der Waals surface area contributed by atoms with Crippen molar-refractivity contribution < 1.29 is 9.53 Å². The predicted octanol–water partition coefficient (Wildman–Crippen LogP) is 1.44. The van der Waals surface area contributed by atoms with E-state index in [-0.39, 0.29) is 18.1 Å². The molecule has 0 saturated carbocycles. The van der Waals surface area contributed by atoms with Crippen LogP contribution < -0.4 is 0 Å². The second-order valence-corrected chi connectivity index (χ2v) is 6.58. The first-order valence-corrected chi connectivity index (χ1v) is 8.41. The fraction of sp³-hybridized carbons (Fsp3) is 0.444. The summed E-state index contributed by atoms with van der Waals surface area (Å²) >= 11 is 0. The van der Waals surface area contributed by atoms with E-state index in [9.17, 15) is 4.79 Å². The third-order valence-corrected chi connectivity index (χ3v) is 4.86. The Labute approximate surface area is 141 Å². The number of likely N-dealkylation sites (tertiary alicyclic amines) is 1. The van der Waals surface area contributed by atoms with Crippen molar-refractivity contribution >= 4 is 5.91 Å². The van der Waals surface area contributed by atoms with E-state index in [0.29, 0.717) is 18.8 Å². The van der Waals surface area contributed by atoms with Gasteiger partial charge in [-0.25, -0.2) is 0 Å². The van der Waals surface area contributed by atoms with E-state index in [2.05, 4.69) is 39.4 Å². The van der Waals surface area contributed by atoms with E-state index in [1.807, 2.05) is 17.9 Å². The van der Waals surface area contributed by atoms with E-state index >= 15 is 0 Å². The molecule has 126 valence electrons. The van der Waals surface area contributed by atoms with Gasteiger partial charge in [0.2, 0.25) is 0 Å².